The van der Waals surface area contributed by atoms with Gasteiger partial charge in [-0.1, -0.05) is 20.3 Å². The van der Waals surface area contributed by atoms with E-state index in [4.69, 9.17) is 5.11 Å². The Morgan fingerprint density at radius 2 is 2.00 bits per heavy atom. The second kappa shape index (κ2) is 2.91. The summed E-state index contributed by atoms with van der Waals surface area (Å²) in [6, 6.07) is 0. The Hall–Kier alpha value is -0.0400. The summed E-state index contributed by atoms with van der Waals surface area (Å²) in [7, 11) is 0. The molecule has 0 heterocycles. The van der Waals surface area contributed by atoms with Crippen molar-refractivity contribution in [2.75, 3.05) is 6.61 Å². The zero-order chi connectivity index (χ0) is 7.61. The summed E-state index contributed by atoms with van der Waals surface area (Å²) in [4.78, 5) is 0. The first-order valence-electron chi connectivity index (χ1n) is 4.37. The SMILES string of the molecule is CCC1CC(CC)(CO)C1. The molecule has 0 bridgehead atoms. The summed E-state index contributed by atoms with van der Waals surface area (Å²) in [6.07, 6.45) is 4.97. The molecule has 1 aliphatic rings. The van der Waals surface area contributed by atoms with Crippen LogP contribution in [-0.2, 0) is 0 Å². The molecule has 0 aromatic heterocycles. The van der Waals surface area contributed by atoms with Crippen molar-refractivity contribution in [1.82, 2.24) is 0 Å². The van der Waals surface area contributed by atoms with Crippen LogP contribution >= 0.6 is 0 Å². The van der Waals surface area contributed by atoms with Gasteiger partial charge in [-0.15, -0.1) is 0 Å². The van der Waals surface area contributed by atoms with Gasteiger partial charge in [-0.3, -0.25) is 0 Å². The number of aliphatic hydroxyl groups excluding tert-OH is 1. The molecule has 0 atom stereocenters. The van der Waals surface area contributed by atoms with Crippen LogP contribution in [-0.4, -0.2) is 11.7 Å². The monoisotopic (exact) mass is 142 g/mol. The maximum atomic E-state index is 9.05. The number of hydrogen-bond acceptors (Lipinski definition) is 1. The average molecular weight is 142 g/mol. The van der Waals surface area contributed by atoms with Gasteiger partial charge in [-0.25, -0.2) is 0 Å². The summed E-state index contributed by atoms with van der Waals surface area (Å²) in [6.45, 7) is 4.82. The lowest BCUT2D eigenvalue weighted by atomic mass is 9.60. The Balaban J connectivity index is 2.31. The minimum absolute atomic E-state index is 0.334. The Bertz CT molecular complexity index is 97.3. The Morgan fingerprint density at radius 3 is 2.30 bits per heavy atom. The van der Waals surface area contributed by atoms with Crippen LogP contribution < -0.4 is 0 Å². The first-order chi connectivity index (χ1) is 4.76. The van der Waals surface area contributed by atoms with E-state index >= 15 is 0 Å². The molecule has 10 heavy (non-hydrogen) atoms. The third-order valence-electron chi connectivity index (χ3n) is 3.11. The standard InChI is InChI=1S/C9H18O/c1-3-8-5-9(4-2,6-8)7-10/h8,10H,3-7H2,1-2H3. The van der Waals surface area contributed by atoms with E-state index in [1.165, 1.54) is 19.3 Å². The van der Waals surface area contributed by atoms with Crippen molar-refractivity contribution < 1.29 is 5.11 Å². The lowest BCUT2D eigenvalue weighted by molar-refractivity contribution is -0.00997. The van der Waals surface area contributed by atoms with Gasteiger partial charge in [0.2, 0.25) is 0 Å². The van der Waals surface area contributed by atoms with Crippen molar-refractivity contribution in [2.24, 2.45) is 11.3 Å². The van der Waals surface area contributed by atoms with Gasteiger partial charge in [0, 0.05) is 6.61 Å². The highest BCUT2D eigenvalue weighted by Crippen LogP contribution is 2.48. The van der Waals surface area contributed by atoms with Crippen molar-refractivity contribution in [3.8, 4) is 0 Å². The molecular formula is C9H18O. The van der Waals surface area contributed by atoms with Gasteiger partial charge in [0.05, 0.1) is 0 Å². The fourth-order valence-electron chi connectivity index (χ4n) is 1.98. The Kier molecular flexibility index (Phi) is 2.35. The maximum absolute atomic E-state index is 9.05. The van der Waals surface area contributed by atoms with E-state index in [0.717, 1.165) is 12.3 Å². The number of hydrogen-bond donors (Lipinski definition) is 1. The zero-order valence-electron chi connectivity index (χ0n) is 7.06. The summed E-state index contributed by atoms with van der Waals surface area (Å²) in [5.74, 6) is 0.909. The summed E-state index contributed by atoms with van der Waals surface area (Å²) in [5, 5.41) is 9.05. The highest BCUT2D eigenvalue weighted by Gasteiger charge is 2.40. The van der Waals surface area contributed by atoms with Crippen LogP contribution in [0.1, 0.15) is 39.5 Å². The highest BCUT2D eigenvalue weighted by molar-refractivity contribution is 4.91. The number of aliphatic hydroxyl groups is 1. The molecule has 1 nitrogen and oxygen atoms in total. The maximum Gasteiger partial charge on any atom is 0.0487 e. The van der Waals surface area contributed by atoms with Crippen LogP contribution in [0, 0.1) is 11.3 Å². The quantitative estimate of drug-likeness (QED) is 0.640. The fraction of sp³-hybridized carbons (Fsp3) is 1.00. The molecule has 60 valence electrons. The van der Waals surface area contributed by atoms with E-state index in [9.17, 15) is 0 Å². The van der Waals surface area contributed by atoms with E-state index < -0.39 is 0 Å². The fourth-order valence-corrected chi connectivity index (χ4v) is 1.98. The second-order valence-electron chi connectivity index (χ2n) is 3.69. The zero-order valence-corrected chi connectivity index (χ0v) is 7.06. The van der Waals surface area contributed by atoms with Crippen LogP contribution in [0.5, 0.6) is 0 Å². The molecule has 0 spiro atoms. The van der Waals surface area contributed by atoms with Crippen molar-refractivity contribution in [3.63, 3.8) is 0 Å². The lowest BCUT2D eigenvalue weighted by Crippen LogP contribution is -2.39. The molecular weight excluding hydrogens is 124 g/mol. The van der Waals surface area contributed by atoms with E-state index in [-0.39, 0.29) is 0 Å². The third-order valence-corrected chi connectivity index (χ3v) is 3.11. The van der Waals surface area contributed by atoms with E-state index in [1.807, 2.05) is 0 Å². The van der Waals surface area contributed by atoms with Gasteiger partial charge in [0.15, 0.2) is 0 Å². The predicted octanol–water partition coefficient (Wildman–Crippen LogP) is 2.20. The third kappa shape index (κ3) is 1.20. The van der Waals surface area contributed by atoms with Gasteiger partial charge in [-0.05, 0) is 30.6 Å². The van der Waals surface area contributed by atoms with Crippen LogP contribution in [0.15, 0.2) is 0 Å². The van der Waals surface area contributed by atoms with Crippen LogP contribution in [0.4, 0.5) is 0 Å². The minimum Gasteiger partial charge on any atom is -0.396 e. The largest absolute Gasteiger partial charge is 0.396 e. The van der Waals surface area contributed by atoms with Crippen molar-refractivity contribution in [2.45, 2.75) is 39.5 Å². The van der Waals surface area contributed by atoms with Crippen molar-refractivity contribution in [1.29, 1.82) is 0 Å². The normalized spacial score (nSPS) is 39.3. The van der Waals surface area contributed by atoms with Crippen molar-refractivity contribution >= 4 is 0 Å². The summed E-state index contributed by atoms with van der Waals surface area (Å²) < 4.78 is 0. The molecule has 0 aromatic rings. The molecule has 0 aliphatic heterocycles. The Morgan fingerprint density at radius 1 is 1.40 bits per heavy atom. The van der Waals surface area contributed by atoms with Gasteiger partial charge >= 0.3 is 0 Å². The molecule has 0 amide bonds. The molecule has 1 rings (SSSR count). The summed E-state index contributed by atoms with van der Waals surface area (Å²) >= 11 is 0. The van der Waals surface area contributed by atoms with E-state index in [0.29, 0.717) is 12.0 Å². The average Bonchev–Trinajstić information content (AvgIpc) is 1.89. The van der Waals surface area contributed by atoms with Crippen molar-refractivity contribution in [3.05, 3.63) is 0 Å². The first-order valence-corrected chi connectivity index (χ1v) is 4.37. The molecule has 1 N–H and O–H groups in total. The van der Waals surface area contributed by atoms with Gasteiger partial charge in [0.25, 0.3) is 0 Å². The van der Waals surface area contributed by atoms with Crippen LogP contribution in [0.3, 0.4) is 0 Å². The molecule has 1 saturated carbocycles. The van der Waals surface area contributed by atoms with Gasteiger partial charge in [-0.2, -0.15) is 0 Å². The molecule has 0 unspecified atom stereocenters. The van der Waals surface area contributed by atoms with Gasteiger partial charge < -0.3 is 5.11 Å². The Labute approximate surface area is 63.4 Å². The number of rotatable bonds is 3. The topological polar surface area (TPSA) is 20.2 Å². The van der Waals surface area contributed by atoms with Gasteiger partial charge in [0.1, 0.15) is 0 Å². The molecule has 0 radical (unpaired) electrons. The van der Waals surface area contributed by atoms with Crippen LogP contribution in [0.2, 0.25) is 0 Å². The highest BCUT2D eigenvalue weighted by atomic mass is 16.3. The first kappa shape index (κ1) is 8.06. The molecule has 0 aromatic carbocycles. The minimum atomic E-state index is 0.334. The predicted molar refractivity (Wildman–Crippen MR) is 42.8 cm³/mol. The smallest absolute Gasteiger partial charge is 0.0487 e. The van der Waals surface area contributed by atoms with E-state index in [2.05, 4.69) is 13.8 Å². The molecule has 1 fully saturated rings. The molecule has 1 aliphatic carbocycles. The molecule has 1 heteroatoms. The molecule has 0 saturated heterocycles. The van der Waals surface area contributed by atoms with Crippen LogP contribution in [0.25, 0.3) is 0 Å². The lowest BCUT2D eigenvalue weighted by Gasteiger charge is -2.46. The summed E-state index contributed by atoms with van der Waals surface area (Å²) in [5.41, 5.74) is 0.334. The second-order valence-corrected chi connectivity index (χ2v) is 3.69. The van der Waals surface area contributed by atoms with E-state index in [1.54, 1.807) is 0 Å².